The number of terminal acetylenes is 1. The molecule has 0 spiro atoms. The molecule has 3 heteroatoms. The van der Waals surface area contributed by atoms with Crippen LogP contribution in [0.3, 0.4) is 0 Å². The van der Waals surface area contributed by atoms with Gasteiger partial charge in [-0.15, -0.1) is 6.42 Å². The maximum absolute atomic E-state index is 12.2. The monoisotopic (exact) mass is 260 g/mol. The van der Waals surface area contributed by atoms with E-state index in [-0.39, 0.29) is 5.91 Å². The number of aromatic amines is 1. The molecule has 0 radical (unpaired) electrons. The normalized spacial score (nSPS) is 10.2. The molecule has 2 N–H and O–H groups in total. The van der Waals surface area contributed by atoms with Crippen LogP contribution in [0.4, 0.5) is 5.69 Å². The Labute approximate surface area is 116 Å². The van der Waals surface area contributed by atoms with Crippen LogP contribution in [0.15, 0.2) is 54.7 Å². The summed E-state index contributed by atoms with van der Waals surface area (Å²) in [6.45, 7) is 0. The highest BCUT2D eigenvalue weighted by atomic mass is 16.1. The Bertz CT molecular complexity index is 824. The second-order valence-corrected chi connectivity index (χ2v) is 4.46. The first-order chi connectivity index (χ1) is 9.76. The van der Waals surface area contributed by atoms with Crippen LogP contribution in [-0.4, -0.2) is 10.9 Å². The van der Waals surface area contributed by atoms with E-state index in [1.807, 2.05) is 42.6 Å². The molecule has 20 heavy (non-hydrogen) atoms. The van der Waals surface area contributed by atoms with E-state index in [1.165, 1.54) is 0 Å². The lowest BCUT2D eigenvalue weighted by atomic mass is 10.1. The van der Waals surface area contributed by atoms with Gasteiger partial charge in [0.05, 0.1) is 0 Å². The highest BCUT2D eigenvalue weighted by molar-refractivity contribution is 6.06. The van der Waals surface area contributed by atoms with E-state index in [0.717, 1.165) is 16.5 Å². The fourth-order valence-corrected chi connectivity index (χ4v) is 2.08. The van der Waals surface area contributed by atoms with Gasteiger partial charge in [-0.2, -0.15) is 0 Å². The zero-order valence-corrected chi connectivity index (χ0v) is 10.7. The highest BCUT2D eigenvalue weighted by Gasteiger charge is 2.07. The number of amides is 1. The molecule has 3 nitrogen and oxygen atoms in total. The van der Waals surface area contributed by atoms with Gasteiger partial charge in [0.25, 0.3) is 5.91 Å². The molecule has 0 bridgehead atoms. The summed E-state index contributed by atoms with van der Waals surface area (Å²) in [6, 6.07) is 14.7. The minimum atomic E-state index is -0.151. The third kappa shape index (κ3) is 2.27. The molecule has 1 aromatic heterocycles. The van der Waals surface area contributed by atoms with Gasteiger partial charge >= 0.3 is 0 Å². The van der Waals surface area contributed by atoms with Gasteiger partial charge in [-0.05, 0) is 42.5 Å². The number of rotatable bonds is 2. The molecule has 0 saturated heterocycles. The zero-order valence-electron chi connectivity index (χ0n) is 10.7. The zero-order chi connectivity index (χ0) is 13.9. The standard InChI is InChI=1S/C17H12N2O/c1-2-12-4-3-5-15(10-12)19-17(20)14-6-7-16-13(11-14)8-9-18-16/h1,3-11,18H,(H,19,20). The average molecular weight is 260 g/mol. The summed E-state index contributed by atoms with van der Waals surface area (Å²) in [4.78, 5) is 15.3. The molecule has 0 aliphatic rings. The van der Waals surface area contributed by atoms with Gasteiger partial charge in [0.15, 0.2) is 0 Å². The first-order valence-corrected chi connectivity index (χ1v) is 6.21. The number of carbonyl (C=O) groups excluding carboxylic acids is 1. The summed E-state index contributed by atoms with van der Waals surface area (Å²) in [5.74, 6) is 2.39. The van der Waals surface area contributed by atoms with Crippen LogP contribution in [0.2, 0.25) is 0 Å². The van der Waals surface area contributed by atoms with Gasteiger partial charge in [-0.1, -0.05) is 12.0 Å². The Morgan fingerprint density at radius 2 is 2.05 bits per heavy atom. The van der Waals surface area contributed by atoms with Gasteiger partial charge in [0.2, 0.25) is 0 Å². The van der Waals surface area contributed by atoms with Crippen LogP contribution in [0, 0.1) is 12.3 Å². The van der Waals surface area contributed by atoms with Gasteiger partial charge < -0.3 is 10.3 Å². The van der Waals surface area contributed by atoms with Crippen molar-refractivity contribution in [3.63, 3.8) is 0 Å². The first kappa shape index (κ1) is 12.1. The molecule has 2 aromatic carbocycles. The molecule has 96 valence electrons. The lowest BCUT2D eigenvalue weighted by Crippen LogP contribution is -2.11. The number of hydrogen-bond donors (Lipinski definition) is 2. The number of nitrogens with one attached hydrogen (secondary N) is 2. The van der Waals surface area contributed by atoms with Crippen LogP contribution in [0.25, 0.3) is 10.9 Å². The molecule has 3 rings (SSSR count). The molecule has 3 aromatic rings. The fraction of sp³-hybridized carbons (Fsp3) is 0. The molecule has 0 fully saturated rings. The van der Waals surface area contributed by atoms with Crippen molar-refractivity contribution >= 4 is 22.5 Å². The lowest BCUT2D eigenvalue weighted by Gasteiger charge is -2.06. The van der Waals surface area contributed by atoms with Crippen LogP contribution in [0.5, 0.6) is 0 Å². The number of aromatic nitrogens is 1. The Hall–Kier alpha value is -2.99. The largest absolute Gasteiger partial charge is 0.361 e. The van der Waals surface area contributed by atoms with Crippen molar-refractivity contribution in [2.45, 2.75) is 0 Å². The van der Waals surface area contributed by atoms with Crippen molar-refractivity contribution in [1.29, 1.82) is 0 Å². The summed E-state index contributed by atoms with van der Waals surface area (Å²) < 4.78 is 0. The van der Waals surface area contributed by atoms with Crippen molar-refractivity contribution in [2.75, 3.05) is 5.32 Å². The van der Waals surface area contributed by atoms with Gasteiger partial charge in [0, 0.05) is 33.9 Å². The number of benzene rings is 2. The quantitative estimate of drug-likeness (QED) is 0.681. The minimum absolute atomic E-state index is 0.151. The molecule has 0 unspecified atom stereocenters. The maximum atomic E-state index is 12.2. The SMILES string of the molecule is C#Cc1cccc(NC(=O)c2ccc3[nH]ccc3c2)c1. The van der Waals surface area contributed by atoms with E-state index in [2.05, 4.69) is 16.2 Å². The van der Waals surface area contributed by atoms with E-state index < -0.39 is 0 Å². The second-order valence-electron chi connectivity index (χ2n) is 4.46. The van der Waals surface area contributed by atoms with Gasteiger partial charge in [-0.3, -0.25) is 4.79 Å². The average Bonchev–Trinajstić information content (AvgIpc) is 2.94. The fourth-order valence-electron chi connectivity index (χ4n) is 2.08. The minimum Gasteiger partial charge on any atom is -0.361 e. The summed E-state index contributed by atoms with van der Waals surface area (Å²) in [5.41, 5.74) is 3.06. The van der Waals surface area contributed by atoms with Crippen LogP contribution in [0.1, 0.15) is 15.9 Å². The number of anilines is 1. The van der Waals surface area contributed by atoms with Crippen molar-refractivity contribution in [3.05, 3.63) is 65.9 Å². The third-order valence-corrected chi connectivity index (χ3v) is 3.10. The van der Waals surface area contributed by atoms with E-state index in [9.17, 15) is 4.79 Å². The number of hydrogen-bond acceptors (Lipinski definition) is 1. The number of carbonyl (C=O) groups is 1. The van der Waals surface area contributed by atoms with Crippen molar-refractivity contribution < 1.29 is 4.79 Å². The first-order valence-electron chi connectivity index (χ1n) is 6.21. The van der Waals surface area contributed by atoms with E-state index >= 15 is 0 Å². The van der Waals surface area contributed by atoms with Crippen molar-refractivity contribution in [2.24, 2.45) is 0 Å². The molecule has 1 heterocycles. The smallest absolute Gasteiger partial charge is 0.255 e. The topological polar surface area (TPSA) is 44.9 Å². The Morgan fingerprint density at radius 3 is 2.90 bits per heavy atom. The number of H-pyrrole nitrogens is 1. The summed E-state index contributed by atoms with van der Waals surface area (Å²) in [5, 5.41) is 3.85. The van der Waals surface area contributed by atoms with Gasteiger partial charge in [-0.25, -0.2) is 0 Å². The van der Waals surface area contributed by atoms with E-state index in [1.54, 1.807) is 12.1 Å². The Morgan fingerprint density at radius 1 is 1.15 bits per heavy atom. The van der Waals surface area contributed by atoms with Crippen LogP contribution >= 0.6 is 0 Å². The maximum Gasteiger partial charge on any atom is 0.255 e. The second kappa shape index (κ2) is 4.94. The van der Waals surface area contributed by atoms with Crippen molar-refractivity contribution in [3.8, 4) is 12.3 Å². The van der Waals surface area contributed by atoms with Gasteiger partial charge in [0.1, 0.15) is 0 Å². The molecule has 0 atom stereocenters. The lowest BCUT2D eigenvalue weighted by molar-refractivity contribution is 0.102. The molecule has 1 amide bonds. The molecular formula is C17H12N2O. The Kier molecular flexibility index (Phi) is 2.98. The summed E-state index contributed by atoms with van der Waals surface area (Å²) >= 11 is 0. The molecular weight excluding hydrogens is 248 g/mol. The molecule has 0 aliphatic heterocycles. The Balaban J connectivity index is 1.86. The summed E-state index contributed by atoms with van der Waals surface area (Å²) in [7, 11) is 0. The van der Waals surface area contributed by atoms with E-state index in [0.29, 0.717) is 11.3 Å². The summed E-state index contributed by atoms with van der Waals surface area (Å²) in [6.07, 6.45) is 7.19. The van der Waals surface area contributed by atoms with E-state index in [4.69, 9.17) is 6.42 Å². The highest BCUT2D eigenvalue weighted by Crippen LogP contribution is 2.16. The van der Waals surface area contributed by atoms with Crippen LogP contribution < -0.4 is 5.32 Å². The predicted octanol–water partition coefficient (Wildman–Crippen LogP) is 3.40. The predicted molar refractivity (Wildman–Crippen MR) is 80.6 cm³/mol. The molecule has 0 saturated carbocycles. The van der Waals surface area contributed by atoms with Crippen molar-refractivity contribution in [1.82, 2.24) is 4.98 Å². The number of fused-ring (bicyclic) bond motifs is 1. The molecule has 0 aliphatic carbocycles. The van der Waals surface area contributed by atoms with Crippen LogP contribution in [-0.2, 0) is 0 Å². The third-order valence-electron chi connectivity index (χ3n) is 3.10.